The molecule has 3 aromatic carbocycles. The number of fused-ring (bicyclic) bond motifs is 1. The molecule has 10 heteroatoms. The first-order valence-electron chi connectivity index (χ1n) is 12.2. The molecule has 1 aromatic heterocycles. The Kier molecular flexibility index (Phi) is 8.50. The summed E-state index contributed by atoms with van der Waals surface area (Å²) < 4.78 is 39.2. The third-order valence-corrected chi connectivity index (χ3v) is 6.46. The second-order valence-corrected chi connectivity index (χ2v) is 9.79. The summed E-state index contributed by atoms with van der Waals surface area (Å²) in [7, 11) is 0. The number of aliphatic carboxylic acids is 1. The first-order chi connectivity index (χ1) is 18.5. The maximum absolute atomic E-state index is 13.1. The molecule has 0 saturated carbocycles. The zero-order chi connectivity index (χ0) is 28.2. The lowest BCUT2D eigenvalue weighted by Crippen LogP contribution is -2.22. The van der Waals surface area contributed by atoms with E-state index in [9.17, 15) is 22.8 Å². The van der Waals surface area contributed by atoms with Gasteiger partial charge in [0.05, 0.1) is 28.0 Å². The summed E-state index contributed by atoms with van der Waals surface area (Å²) in [6.45, 7) is 2.09. The highest BCUT2D eigenvalue weighted by molar-refractivity contribution is 6.30. The van der Waals surface area contributed by atoms with Crippen molar-refractivity contribution in [2.75, 3.05) is 0 Å². The number of carbonyl (C=O) groups excluding carboxylic acids is 1. The van der Waals surface area contributed by atoms with Crippen molar-refractivity contribution in [1.29, 1.82) is 0 Å². The summed E-state index contributed by atoms with van der Waals surface area (Å²) in [5.74, 6) is -1.38. The van der Waals surface area contributed by atoms with Crippen molar-refractivity contribution in [3.8, 4) is 11.3 Å². The Hall–Kier alpha value is -3.98. The van der Waals surface area contributed by atoms with Crippen LogP contribution < -0.4 is 5.32 Å². The normalized spacial score (nSPS) is 12.3. The molecule has 0 aliphatic heterocycles. The molecule has 0 saturated heterocycles. The molecule has 0 aliphatic carbocycles. The molecule has 1 unspecified atom stereocenters. The van der Waals surface area contributed by atoms with Crippen LogP contribution in [0.25, 0.3) is 22.3 Å². The van der Waals surface area contributed by atoms with E-state index in [1.165, 1.54) is 12.1 Å². The van der Waals surface area contributed by atoms with Crippen LogP contribution in [-0.4, -0.2) is 27.0 Å². The number of hydrogen-bond donors (Lipinski definition) is 2. The van der Waals surface area contributed by atoms with Crippen LogP contribution in [-0.2, 0) is 23.9 Å². The second kappa shape index (κ2) is 11.8. The molecule has 1 amide bonds. The number of amides is 1. The van der Waals surface area contributed by atoms with Crippen LogP contribution in [0.2, 0.25) is 5.02 Å². The zero-order valence-corrected chi connectivity index (χ0v) is 21.7. The van der Waals surface area contributed by atoms with Gasteiger partial charge in [0, 0.05) is 29.1 Å². The predicted molar refractivity (Wildman–Crippen MR) is 142 cm³/mol. The molecule has 4 rings (SSSR count). The monoisotopic (exact) mass is 555 g/mol. The van der Waals surface area contributed by atoms with E-state index in [2.05, 4.69) is 10.3 Å². The van der Waals surface area contributed by atoms with Gasteiger partial charge in [-0.25, -0.2) is 9.97 Å². The number of carboxylic acid groups (broad SMARTS) is 1. The van der Waals surface area contributed by atoms with Gasteiger partial charge in [0.25, 0.3) is 5.91 Å². The van der Waals surface area contributed by atoms with Crippen molar-refractivity contribution in [3.63, 3.8) is 0 Å². The molecule has 2 N–H and O–H groups in total. The lowest BCUT2D eigenvalue weighted by atomic mass is 9.97. The number of halogens is 4. The van der Waals surface area contributed by atoms with Crippen LogP contribution in [0.3, 0.4) is 0 Å². The van der Waals surface area contributed by atoms with Crippen LogP contribution in [0, 0.1) is 5.92 Å². The first kappa shape index (κ1) is 28.0. The lowest BCUT2D eigenvalue weighted by molar-refractivity contribution is -0.138. The van der Waals surface area contributed by atoms with Crippen molar-refractivity contribution in [1.82, 2.24) is 15.3 Å². The van der Waals surface area contributed by atoms with Gasteiger partial charge in [-0.3, -0.25) is 9.59 Å². The summed E-state index contributed by atoms with van der Waals surface area (Å²) in [6.07, 6.45) is -3.64. The van der Waals surface area contributed by atoms with E-state index in [1.807, 2.05) is 13.0 Å². The molecule has 0 fully saturated rings. The number of carboxylic acids is 1. The number of alkyl halides is 3. The average Bonchev–Trinajstić information content (AvgIpc) is 2.89. The maximum Gasteiger partial charge on any atom is 0.416 e. The highest BCUT2D eigenvalue weighted by Crippen LogP contribution is 2.32. The SMILES string of the molecule is CC(CCc1nc2cc(C(=O)NCc3cccc(Cl)c3)ccc2nc1-c1ccc(C(F)(F)F)cc1)CC(=O)O. The van der Waals surface area contributed by atoms with E-state index in [0.29, 0.717) is 51.4 Å². The molecule has 4 aromatic rings. The van der Waals surface area contributed by atoms with E-state index in [4.69, 9.17) is 21.7 Å². The van der Waals surface area contributed by atoms with Crippen LogP contribution in [0.1, 0.15) is 46.9 Å². The van der Waals surface area contributed by atoms with Crippen LogP contribution >= 0.6 is 11.6 Å². The number of carbonyl (C=O) groups is 2. The molecular formula is C29H25ClF3N3O3. The Bertz CT molecular complexity index is 1510. The van der Waals surface area contributed by atoms with Crippen molar-refractivity contribution in [3.05, 3.63) is 94.1 Å². The summed E-state index contributed by atoms with van der Waals surface area (Å²) in [5.41, 5.74) is 2.74. The minimum atomic E-state index is -4.47. The number of aryl methyl sites for hydroxylation is 1. The minimum absolute atomic E-state index is 0.0203. The van der Waals surface area contributed by atoms with Gasteiger partial charge < -0.3 is 10.4 Å². The summed E-state index contributed by atoms with van der Waals surface area (Å²) >= 11 is 6.00. The molecule has 0 bridgehead atoms. The second-order valence-electron chi connectivity index (χ2n) is 9.35. The van der Waals surface area contributed by atoms with Gasteiger partial charge in [-0.05, 0) is 66.8 Å². The fourth-order valence-corrected chi connectivity index (χ4v) is 4.38. The van der Waals surface area contributed by atoms with Crippen LogP contribution in [0.4, 0.5) is 13.2 Å². The topological polar surface area (TPSA) is 92.2 Å². The number of benzene rings is 3. The maximum atomic E-state index is 13.1. The zero-order valence-electron chi connectivity index (χ0n) is 20.9. The van der Waals surface area contributed by atoms with Gasteiger partial charge in [-0.2, -0.15) is 13.2 Å². The number of nitrogens with one attached hydrogen (secondary N) is 1. The Labute approximate surface area is 227 Å². The Morgan fingerprint density at radius 2 is 1.74 bits per heavy atom. The molecular weight excluding hydrogens is 531 g/mol. The average molecular weight is 556 g/mol. The third-order valence-electron chi connectivity index (χ3n) is 6.22. The minimum Gasteiger partial charge on any atom is -0.481 e. The molecule has 39 heavy (non-hydrogen) atoms. The Balaban J connectivity index is 1.65. The fourth-order valence-electron chi connectivity index (χ4n) is 4.17. The molecule has 1 heterocycles. The number of nitrogens with zero attached hydrogens (tertiary/aromatic N) is 2. The van der Waals surface area contributed by atoms with Gasteiger partial charge in [0.1, 0.15) is 0 Å². The molecule has 202 valence electrons. The van der Waals surface area contributed by atoms with Gasteiger partial charge in [-0.15, -0.1) is 0 Å². The predicted octanol–water partition coefficient (Wildman–Crippen LogP) is 6.94. The largest absolute Gasteiger partial charge is 0.481 e. The highest BCUT2D eigenvalue weighted by atomic mass is 35.5. The van der Waals surface area contributed by atoms with Gasteiger partial charge in [-0.1, -0.05) is 42.8 Å². The molecule has 0 radical (unpaired) electrons. The lowest BCUT2D eigenvalue weighted by Gasteiger charge is -2.14. The Morgan fingerprint density at radius 3 is 2.41 bits per heavy atom. The third kappa shape index (κ3) is 7.32. The van der Waals surface area contributed by atoms with Crippen LogP contribution in [0.5, 0.6) is 0 Å². The number of hydrogen-bond acceptors (Lipinski definition) is 4. The van der Waals surface area contributed by atoms with E-state index >= 15 is 0 Å². The standard InChI is InChI=1S/C29H25ClF3N3O3/c1-17(13-26(37)38)5-11-24-27(19-6-9-21(10-7-19)29(31,32)33)36-23-12-8-20(15-25(23)35-24)28(39)34-16-18-3-2-4-22(30)14-18/h2-4,6-10,12,14-15,17H,5,11,13,16H2,1H3,(H,34,39)(H,37,38). The molecule has 6 nitrogen and oxygen atoms in total. The number of aromatic nitrogens is 2. The van der Waals surface area contributed by atoms with Gasteiger partial charge in [0.2, 0.25) is 0 Å². The first-order valence-corrected chi connectivity index (χ1v) is 12.6. The number of rotatable bonds is 9. The molecule has 0 spiro atoms. The van der Waals surface area contributed by atoms with E-state index < -0.39 is 17.7 Å². The van der Waals surface area contributed by atoms with Crippen molar-refractivity contribution in [2.24, 2.45) is 5.92 Å². The summed E-state index contributed by atoms with van der Waals surface area (Å²) in [6, 6.07) is 16.7. The van der Waals surface area contributed by atoms with Crippen molar-refractivity contribution >= 4 is 34.5 Å². The summed E-state index contributed by atoms with van der Waals surface area (Å²) in [4.78, 5) is 33.3. The smallest absolute Gasteiger partial charge is 0.416 e. The quantitative estimate of drug-likeness (QED) is 0.233. The van der Waals surface area contributed by atoms with Crippen molar-refractivity contribution < 1.29 is 27.9 Å². The highest BCUT2D eigenvalue weighted by Gasteiger charge is 2.30. The molecule has 1 atom stereocenters. The van der Waals surface area contributed by atoms with Gasteiger partial charge in [0.15, 0.2) is 0 Å². The Morgan fingerprint density at radius 1 is 1.00 bits per heavy atom. The summed E-state index contributed by atoms with van der Waals surface area (Å²) in [5, 5.41) is 12.5. The fraction of sp³-hybridized carbons (Fsp3) is 0.241. The van der Waals surface area contributed by atoms with E-state index in [-0.39, 0.29) is 24.8 Å². The van der Waals surface area contributed by atoms with Crippen molar-refractivity contribution in [2.45, 2.75) is 38.9 Å². The van der Waals surface area contributed by atoms with Crippen LogP contribution in [0.15, 0.2) is 66.7 Å². The molecule has 0 aliphatic rings. The van der Waals surface area contributed by atoms with Gasteiger partial charge >= 0.3 is 12.1 Å². The van der Waals surface area contributed by atoms with E-state index in [1.54, 1.807) is 36.4 Å². The van der Waals surface area contributed by atoms with E-state index in [0.717, 1.165) is 17.7 Å².